The number of amides is 3. The fourth-order valence-corrected chi connectivity index (χ4v) is 3.33. The van der Waals surface area contributed by atoms with Gasteiger partial charge in [-0.05, 0) is 25.7 Å². The Bertz CT molecular complexity index is 602. The number of aliphatic hydroxyl groups excluding tert-OH is 1. The number of carbonyl (C=O) groups is 2. The Balaban J connectivity index is 1.58. The Morgan fingerprint density at radius 3 is 2.88 bits per heavy atom. The molecule has 3 heterocycles. The van der Waals surface area contributed by atoms with Gasteiger partial charge in [-0.3, -0.25) is 4.79 Å². The number of likely N-dealkylation sites (tertiary alicyclic amines) is 2. The predicted molar refractivity (Wildman–Crippen MR) is 87.0 cm³/mol. The molecule has 8 heteroatoms. The molecule has 0 aliphatic carbocycles. The Morgan fingerprint density at radius 1 is 1.38 bits per heavy atom. The number of urea groups is 1. The number of carbonyl (C=O) groups excluding carboxylic acids is 2. The van der Waals surface area contributed by atoms with E-state index in [1.54, 1.807) is 16.0 Å². The van der Waals surface area contributed by atoms with Gasteiger partial charge >= 0.3 is 6.03 Å². The van der Waals surface area contributed by atoms with Crippen molar-refractivity contribution < 1.29 is 14.7 Å². The number of rotatable bonds is 3. The Hall–Kier alpha value is -2.09. The van der Waals surface area contributed by atoms with E-state index in [1.165, 1.54) is 0 Å². The number of aromatic nitrogens is 2. The van der Waals surface area contributed by atoms with Crippen LogP contribution in [0, 0.1) is 0 Å². The van der Waals surface area contributed by atoms with E-state index < -0.39 is 12.1 Å². The van der Waals surface area contributed by atoms with Gasteiger partial charge in [-0.1, -0.05) is 0 Å². The molecule has 8 nitrogen and oxygen atoms in total. The lowest BCUT2D eigenvalue weighted by Gasteiger charge is -2.35. The first-order chi connectivity index (χ1) is 11.5. The van der Waals surface area contributed by atoms with Gasteiger partial charge in [0.25, 0.3) is 0 Å². The summed E-state index contributed by atoms with van der Waals surface area (Å²) in [4.78, 5) is 32.6. The normalized spacial score (nSPS) is 25.0. The number of hydrogen-bond donors (Lipinski definition) is 2. The summed E-state index contributed by atoms with van der Waals surface area (Å²) in [6, 6.07) is -0.753. The Labute approximate surface area is 141 Å². The Morgan fingerprint density at radius 2 is 2.17 bits per heavy atom. The first-order valence-corrected chi connectivity index (χ1v) is 8.53. The molecule has 2 atom stereocenters. The molecule has 3 rings (SSSR count). The first kappa shape index (κ1) is 16.8. The van der Waals surface area contributed by atoms with E-state index in [9.17, 15) is 14.7 Å². The SMILES string of the molecule is Cn1ccnc1CN1CCCC(NC(=O)N2CCCC(O)C2)C1=O. The summed E-state index contributed by atoms with van der Waals surface area (Å²) >= 11 is 0. The lowest BCUT2D eigenvalue weighted by Crippen LogP contribution is -2.56. The van der Waals surface area contributed by atoms with Gasteiger partial charge in [-0.25, -0.2) is 9.78 Å². The van der Waals surface area contributed by atoms with E-state index in [0.29, 0.717) is 32.6 Å². The molecule has 24 heavy (non-hydrogen) atoms. The van der Waals surface area contributed by atoms with Gasteiger partial charge in [0.1, 0.15) is 11.9 Å². The summed E-state index contributed by atoms with van der Waals surface area (Å²) in [7, 11) is 1.90. The molecule has 1 aromatic rings. The van der Waals surface area contributed by atoms with Gasteiger partial charge < -0.3 is 24.8 Å². The monoisotopic (exact) mass is 335 g/mol. The van der Waals surface area contributed by atoms with Crippen LogP contribution in [0.3, 0.4) is 0 Å². The van der Waals surface area contributed by atoms with E-state index in [0.717, 1.165) is 25.1 Å². The summed E-state index contributed by atoms with van der Waals surface area (Å²) in [6.45, 7) is 2.10. The topological polar surface area (TPSA) is 90.7 Å². The highest BCUT2D eigenvalue weighted by Gasteiger charge is 2.32. The largest absolute Gasteiger partial charge is 0.391 e. The van der Waals surface area contributed by atoms with Crippen molar-refractivity contribution in [1.82, 2.24) is 24.7 Å². The number of aryl methyl sites for hydroxylation is 1. The summed E-state index contributed by atoms with van der Waals surface area (Å²) < 4.78 is 1.89. The van der Waals surface area contributed by atoms with Crippen LogP contribution in [-0.2, 0) is 18.4 Å². The third-order valence-electron chi connectivity index (χ3n) is 4.77. The van der Waals surface area contributed by atoms with Gasteiger partial charge in [0.15, 0.2) is 0 Å². The third kappa shape index (κ3) is 3.69. The fraction of sp³-hybridized carbons (Fsp3) is 0.688. The van der Waals surface area contributed by atoms with Crippen molar-refractivity contribution in [2.24, 2.45) is 7.05 Å². The van der Waals surface area contributed by atoms with Crippen molar-refractivity contribution in [2.75, 3.05) is 19.6 Å². The standard InChI is InChI=1S/C16H25N5O3/c1-19-9-6-17-14(19)11-20-7-3-5-13(15(20)23)18-16(24)21-8-2-4-12(22)10-21/h6,9,12-13,22H,2-5,7-8,10-11H2,1H3,(H,18,24). The number of β-amino-alcohol motifs (C(OH)–C–C–N with tert-alkyl or cyclic N) is 1. The minimum atomic E-state index is -0.495. The van der Waals surface area contributed by atoms with Crippen molar-refractivity contribution >= 4 is 11.9 Å². The molecular weight excluding hydrogens is 310 g/mol. The number of imidazole rings is 1. The second kappa shape index (κ2) is 7.21. The van der Waals surface area contributed by atoms with Crippen LogP contribution in [0.1, 0.15) is 31.5 Å². The average molecular weight is 335 g/mol. The van der Waals surface area contributed by atoms with Crippen molar-refractivity contribution in [3.63, 3.8) is 0 Å². The minimum absolute atomic E-state index is 0.0600. The number of hydrogen-bond acceptors (Lipinski definition) is 4. The molecule has 0 bridgehead atoms. The summed E-state index contributed by atoms with van der Waals surface area (Å²) in [5.74, 6) is 0.768. The maximum absolute atomic E-state index is 12.7. The number of nitrogens with one attached hydrogen (secondary N) is 1. The molecule has 0 saturated carbocycles. The Kier molecular flexibility index (Phi) is 5.03. The molecule has 0 aromatic carbocycles. The molecule has 2 N–H and O–H groups in total. The molecule has 0 radical (unpaired) electrons. The summed E-state index contributed by atoms with van der Waals surface area (Å²) in [5, 5.41) is 12.5. The summed E-state index contributed by atoms with van der Waals surface area (Å²) in [5.41, 5.74) is 0. The van der Waals surface area contributed by atoms with Crippen molar-refractivity contribution in [2.45, 2.75) is 44.4 Å². The zero-order chi connectivity index (χ0) is 17.1. The maximum atomic E-state index is 12.7. The molecular formula is C16H25N5O3. The van der Waals surface area contributed by atoms with E-state index in [4.69, 9.17) is 0 Å². The average Bonchev–Trinajstić information content (AvgIpc) is 2.96. The lowest BCUT2D eigenvalue weighted by molar-refractivity contribution is -0.136. The second-order valence-corrected chi connectivity index (χ2v) is 6.60. The van der Waals surface area contributed by atoms with E-state index in [2.05, 4.69) is 10.3 Å². The van der Waals surface area contributed by atoms with Crippen LogP contribution in [0.15, 0.2) is 12.4 Å². The molecule has 2 fully saturated rings. The van der Waals surface area contributed by atoms with E-state index >= 15 is 0 Å². The highest BCUT2D eigenvalue weighted by molar-refractivity contribution is 5.87. The second-order valence-electron chi connectivity index (χ2n) is 6.60. The van der Waals surface area contributed by atoms with Gasteiger partial charge in [0, 0.05) is 39.1 Å². The molecule has 2 aliphatic rings. The van der Waals surface area contributed by atoms with Crippen molar-refractivity contribution in [3.8, 4) is 0 Å². The van der Waals surface area contributed by atoms with E-state index in [1.807, 2.05) is 17.8 Å². The molecule has 1 aromatic heterocycles. The van der Waals surface area contributed by atoms with Gasteiger partial charge in [-0.15, -0.1) is 0 Å². The number of piperidine rings is 2. The molecule has 2 saturated heterocycles. The van der Waals surface area contributed by atoms with Crippen LogP contribution in [0.5, 0.6) is 0 Å². The number of aliphatic hydroxyl groups is 1. The number of nitrogens with zero attached hydrogens (tertiary/aromatic N) is 4. The molecule has 2 unspecified atom stereocenters. The first-order valence-electron chi connectivity index (χ1n) is 8.53. The summed E-state index contributed by atoms with van der Waals surface area (Å²) in [6.07, 6.45) is 6.12. The van der Waals surface area contributed by atoms with Crippen LogP contribution in [0.25, 0.3) is 0 Å². The van der Waals surface area contributed by atoms with Crippen LogP contribution in [0.2, 0.25) is 0 Å². The molecule has 132 valence electrons. The van der Waals surface area contributed by atoms with Crippen LogP contribution >= 0.6 is 0 Å². The predicted octanol–water partition coefficient (Wildman–Crippen LogP) is 0.0774. The fourth-order valence-electron chi connectivity index (χ4n) is 3.33. The molecule has 2 aliphatic heterocycles. The van der Waals surface area contributed by atoms with Crippen molar-refractivity contribution in [3.05, 3.63) is 18.2 Å². The third-order valence-corrected chi connectivity index (χ3v) is 4.77. The van der Waals surface area contributed by atoms with Crippen molar-refractivity contribution in [1.29, 1.82) is 0 Å². The van der Waals surface area contributed by atoms with Crippen LogP contribution < -0.4 is 5.32 Å². The van der Waals surface area contributed by atoms with Gasteiger partial charge in [-0.2, -0.15) is 0 Å². The van der Waals surface area contributed by atoms with Crippen LogP contribution in [-0.4, -0.2) is 68.2 Å². The quantitative estimate of drug-likeness (QED) is 0.818. The van der Waals surface area contributed by atoms with Gasteiger partial charge in [0.05, 0.1) is 12.6 Å². The lowest BCUT2D eigenvalue weighted by atomic mass is 10.0. The zero-order valence-electron chi connectivity index (χ0n) is 14.0. The smallest absolute Gasteiger partial charge is 0.318 e. The highest BCUT2D eigenvalue weighted by Crippen LogP contribution is 2.16. The minimum Gasteiger partial charge on any atom is -0.391 e. The van der Waals surface area contributed by atoms with Crippen LogP contribution in [0.4, 0.5) is 4.79 Å². The highest BCUT2D eigenvalue weighted by atomic mass is 16.3. The van der Waals surface area contributed by atoms with Gasteiger partial charge in [0.2, 0.25) is 5.91 Å². The molecule has 3 amide bonds. The zero-order valence-corrected chi connectivity index (χ0v) is 14.0. The maximum Gasteiger partial charge on any atom is 0.318 e. The van der Waals surface area contributed by atoms with E-state index in [-0.39, 0.29) is 11.9 Å². The molecule has 0 spiro atoms.